The molecule has 0 aliphatic rings. The molecule has 0 amide bonds. The maximum absolute atomic E-state index is 13.5. The van der Waals surface area contributed by atoms with Crippen molar-refractivity contribution in [3.05, 3.63) is 58.4 Å². The maximum atomic E-state index is 13.5. The van der Waals surface area contributed by atoms with E-state index in [1.165, 1.54) is 6.07 Å². The topological polar surface area (TPSA) is 26.0 Å². The Balaban J connectivity index is 2.11. The van der Waals surface area contributed by atoms with Crippen molar-refractivity contribution in [2.24, 2.45) is 0 Å². The third-order valence-corrected chi connectivity index (χ3v) is 3.92. The second kappa shape index (κ2) is 5.63. The van der Waals surface area contributed by atoms with Gasteiger partial charge in [0.15, 0.2) is 0 Å². The van der Waals surface area contributed by atoms with E-state index in [1.807, 2.05) is 25.1 Å². The fraction of sp³-hybridized carbons (Fsp3) is 0.143. The number of thioether (sulfide) groups is 1. The molecule has 0 atom stereocenters. The van der Waals surface area contributed by atoms with E-state index in [4.69, 9.17) is 17.3 Å². The molecule has 0 fully saturated rings. The van der Waals surface area contributed by atoms with Gasteiger partial charge in [0, 0.05) is 21.4 Å². The Labute approximate surface area is 115 Å². The number of halogens is 2. The molecule has 2 aromatic rings. The highest BCUT2D eigenvalue weighted by Gasteiger charge is 2.04. The van der Waals surface area contributed by atoms with Crippen LogP contribution in [0.3, 0.4) is 0 Å². The van der Waals surface area contributed by atoms with Gasteiger partial charge in [-0.05, 0) is 54.4 Å². The van der Waals surface area contributed by atoms with Crippen molar-refractivity contribution >= 4 is 29.1 Å². The van der Waals surface area contributed by atoms with Gasteiger partial charge in [-0.2, -0.15) is 0 Å². The molecule has 1 nitrogen and oxygen atoms in total. The molecule has 0 bridgehead atoms. The number of benzene rings is 2. The monoisotopic (exact) mass is 281 g/mol. The van der Waals surface area contributed by atoms with Crippen molar-refractivity contribution in [3.8, 4) is 0 Å². The minimum absolute atomic E-state index is 0.223. The van der Waals surface area contributed by atoms with E-state index in [0.29, 0.717) is 16.3 Å². The van der Waals surface area contributed by atoms with Gasteiger partial charge in [-0.3, -0.25) is 0 Å². The van der Waals surface area contributed by atoms with Crippen LogP contribution in [0.4, 0.5) is 10.1 Å². The first-order chi connectivity index (χ1) is 8.56. The number of hydrogen-bond donors (Lipinski definition) is 1. The van der Waals surface area contributed by atoms with E-state index in [2.05, 4.69) is 0 Å². The van der Waals surface area contributed by atoms with Crippen LogP contribution in [0, 0.1) is 12.7 Å². The van der Waals surface area contributed by atoms with Crippen LogP contribution >= 0.6 is 23.4 Å². The van der Waals surface area contributed by atoms with Crippen molar-refractivity contribution < 1.29 is 4.39 Å². The smallest absolute Gasteiger partial charge is 0.127 e. The predicted molar refractivity (Wildman–Crippen MR) is 76.6 cm³/mol. The third kappa shape index (κ3) is 3.18. The van der Waals surface area contributed by atoms with Gasteiger partial charge in [-0.25, -0.2) is 4.39 Å². The second-order valence-electron chi connectivity index (χ2n) is 4.04. The largest absolute Gasteiger partial charge is 0.399 e. The van der Waals surface area contributed by atoms with Crippen molar-refractivity contribution in [1.29, 1.82) is 0 Å². The molecule has 94 valence electrons. The lowest BCUT2D eigenvalue weighted by atomic mass is 10.2. The summed E-state index contributed by atoms with van der Waals surface area (Å²) in [7, 11) is 0. The summed E-state index contributed by atoms with van der Waals surface area (Å²) in [4.78, 5) is 1.07. The average molecular weight is 282 g/mol. The fourth-order valence-electron chi connectivity index (χ4n) is 1.55. The first kappa shape index (κ1) is 13.2. The van der Waals surface area contributed by atoms with Crippen LogP contribution in [-0.4, -0.2) is 0 Å². The first-order valence-electron chi connectivity index (χ1n) is 5.49. The van der Waals surface area contributed by atoms with Gasteiger partial charge < -0.3 is 5.73 Å². The summed E-state index contributed by atoms with van der Waals surface area (Å²) in [6.07, 6.45) is 0. The van der Waals surface area contributed by atoms with E-state index in [9.17, 15) is 4.39 Å². The Kier molecular flexibility index (Phi) is 4.15. The summed E-state index contributed by atoms with van der Waals surface area (Å²) in [5.74, 6) is 0.328. The fourth-order valence-corrected chi connectivity index (χ4v) is 2.72. The summed E-state index contributed by atoms with van der Waals surface area (Å²) in [5, 5.41) is 0.556. The molecule has 0 heterocycles. The van der Waals surface area contributed by atoms with Gasteiger partial charge in [0.2, 0.25) is 0 Å². The van der Waals surface area contributed by atoms with Crippen LogP contribution in [0.5, 0.6) is 0 Å². The predicted octanol–water partition coefficient (Wildman–Crippen LogP) is 4.66. The van der Waals surface area contributed by atoms with Gasteiger partial charge >= 0.3 is 0 Å². The molecule has 0 spiro atoms. The van der Waals surface area contributed by atoms with Crippen molar-refractivity contribution in [2.75, 3.05) is 5.73 Å². The molecule has 2 aromatic carbocycles. The molecule has 0 unspecified atom stereocenters. The molecule has 0 aliphatic carbocycles. The van der Waals surface area contributed by atoms with Crippen LogP contribution in [0.25, 0.3) is 0 Å². The third-order valence-electron chi connectivity index (χ3n) is 2.64. The number of nitrogens with two attached hydrogens (primary N) is 1. The minimum atomic E-state index is -0.223. The number of anilines is 1. The Morgan fingerprint density at radius 1 is 1.22 bits per heavy atom. The van der Waals surface area contributed by atoms with Crippen LogP contribution in [0.15, 0.2) is 41.3 Å². The lowest BCUT2D eigenvalue weighted by Gasteiger charge is -2.06. The molecule has 0 saturated carbocycles. The van der Waals surface area contributed by atoms with Crippen LogP contribution in [0.1, 0.15) is 11.1 Å². The number of hydrogen-bond acceptors (Lipinski definition) is 2. The van der Waals surface area contributed by atoms with Crippen LogP contribution in [0.2, 0.25) is 5.02 Å². The summed E-state index contributed by atoms with van der Waals surface area (Å²) in [5.41, 5.74) is 8.17. The lowest BCUT2D eigenvalue weighted by Crippen LogP contribution is -1.90. The van der Waals surface area contributed by atoms with Crippen LogP contribution < -0.4 is 5.73 Å². The SMILES string of the molecule is Cc1cc(SCc2cc(Cl)ccc2F)ccc1N. The first-order valence-corrected chi connectivity index (χ1v) is 6.85. The second-order valence-corrected chi connectivity index (χ2v) is 5.53. The Bertz CT molecular complexity index is 572. The number of rotatable bonds is 3. The molecule has 2 rings (SSSR count). The summed E-state index contributed by atoms with van der Waals surface area (Å²) < 4.78 is 13.5. The number of nitrogen functional groups attached to an aromatic ring is 1. The van der Waals surface area contributed by atoms with Crippen LogP contribution in [-0.2, 0) is 5.75 Å². The zero-order chi connectivity index (χ0) is 13.1. The van der Waals surface area contributed by atoms with Gasteiger partial charge in [-0.15, -0.1) is 11.8 Å². The summed E-state index contributed by atoms with van der Waals surface area (Å²) in [6.45, 7) is 1.96. The molecule has 18 heavy (non-hydrogen) atoms. The summed E-state index contributed by atoms with van der Waals surface area (Å²) >= 11 is 7.42. The lowest BCUT2D eigenvalue weighted by molar-refractivity contribution is 0.617. The van der Waals surface area contributed by atoms with Crippen molar-refractivity contribution in [2.45, 2.75) is 17.6 Å². The van der Waals surface area contributed by atoms with Crippen molar-refractivity contribution in [3.63, 3.8) is 0 Å². The standard InChI is InChI=1S/C14H13ClFNS/c1-9-6-12(3-5-14(9)17)18-8-10-7-11(15)2-4-13(10)16/h2-7H,8,17H2,1H3. The molecule has 0 aromatic heterocycles. The number of aryl methyl sites for hydroxylation is 1. The Morgan fingerprint density at radius 3 is 2.72 bits per heavy atom. The highest BCUT2D eigenvalue weighted by atomic mass is 35.5. The Morgan fingerprint density at radius 2 is 2.00 bits per heavy atom. The normalized spacial score (nSPS) is 10.6. The summed E-state index contributed by atoms with van der Waals surface area (Å²) in [6, 6.07) is 10.4. The van der Waals surface area contributed by atoms with E-state index in [1.54, 1.807) is 23.9 Å². The van der Waals surface area contributed by atoms with Crippen molar-refractivity contribution in [1.82, 2.24) is 0 Å². The van der Waals surface area contributed by atoms with Gasteiger partial charge in [0.1, 0.15) is 5.82 Å². The van der Waals surface area contributed by atoms with Gasteiger partial charge in [-0.1, -0.05) is 11.6 Å². The van der Waals surface area contributed by atoms with E-state index >= 15 is 0 Å². The zero-order valence-corrected chi connectivity index (χ0v) is 11.5. The van der Waals surface area contributed by atoms with E-state index in [0.717, 1.165) is 16.1 Å². The van der Waals surface area contributed by atoms with E-state index < -0.39 is 0 Å². The van der Waals surface area contributed by atoms with Gasteiger partial charge in [0.25, 0.3) is 0 Å². The quantitative estimate of drug-likeness (QED) is 0.654. The molecular weight excluding hydrogens is 269 g/mol. The molecule has 2 N–H and O–H groups in total. The highest BCUT2D eigenvalue weighted by Crippen LogP contribution is 2.27. The van der Waals surface area contributed by atoms with Gasteiger partial charge in [0.05, 0.1) is 0 Å². The maximum Gasteiger partial charge on any atom is 0.127 e. The average Bonchev–Trinajstić information content (AvgIpc) is 2.34. The zero-order valence-electron chi connectivity index (χ0n) is 9.91. The molecule has 0 saturated heterocycles. The Hall–Kier alpha value is -1.19. The molecule has 4 heteroatoms. The van der Waals surface area contributed by atoms with E-state index in [-0.39, 0.29) is 5.82 Å². The highest BCUT2D eigenvalue weighted by molar-refractivity contribution is 7.98. The molecule has 0 aliphatic heterocycles. The molecular formula is C14H13ClFNS. The molecule has 0 radical (unpaired) electrons. The minimum Gasteiger partial charge on any atom is -0.399 e.